The first-order valence-corrected chi connectivity index (χ1v) is 7.09. The molecule has 0 amide bonds. The molecule has 0 spiro atoms. The number of benzene rings is 1. The summed E-state index contributed by atoms with van der Waals surface area (Å²) < 4.78 is 0. The van der Waals surface area contributed by atoms with Crippen LogP contribution in [0, 0.1) is 6.92 Å². The number of likely N-dealkylation sites (tertiary alicyclic amines) is 1. The molecule has 0 aromatic heterocycles. The molecule has 102 valence electrons. The minimum Gasteiger partial charge on any atom is -0.390 e. The van der Waals surface area contributed by atoms with Gasteiger partial charge in [-0.05, 0) is 38.4 Å². The zero-order valence-corrected chi connectivity index (χ0v) is 11.4. The molecule has 1 atom stereocenters. The molecular formula is C15H21N3O. The Labute approximate surface area is 114 Å². The van der Waals surface area contributed by atoms with E-state index in [1.165, 1.54) is 24.8 Å². The second kappa shape index (κ2) is 5.72. The van der Waals surface area contributed by atoms with Gasteiger partial charge in [0.15, 0.2) is 6.17 Å². The first kappa shape index (κ1) is 12.6. The van der Waals surface area contributed by atoms with Crippen molar-refractivity contribution in [2.24, 2.45) is 4.99 Å². The van der Waals surface area contributed by atoms with Gasteiger partial charge in [-0.3, -0.25) is 4.90 Å². The molecule has 1 aromatic carbocycles. The second-order valence-corrected chi connectivity index (χ2v) is 5.39. The van der Waals surface area contributed by atoms with Gasteiger partial charge in [0.25, 0.3) is 0 Å². The van der Waals surface area contributed by atoms with Crippen LogP contribution >= 0.6 is 0 Å². The largest absolute Gasteiger partial charge is 0.390 e. The van der Waals surface area contributed by atoms with Crippen LogP contribution in [0.4, 0.5) is 0 Å². The molecule has 1 unspecified atom stereocenters. The molecule has 1 aromatic rings. The van der Waals surface area contributed by atoms with Crippen LogP contribution in [0.2, 0.25) is 0 Å². The molecule has 2 aliphatic heterocycles. The molecule has 1 saturated heterocycles. The summed E-state index contributed by atoms with van der Waals surface area (Å²) in [6, 6.07) is 8.41. The molecule has 0 saturated carbocycles. The van der Waals surface area contributed by atoms with Crippen LogP contribution in [0.1, 0.15) is 36.6 Å². The van der Waals surface area contributed by atoms with Gasteiger partial charge < -0.3 is 4.84 Å². The maximum atomic E-state index is 5.51. The van der Waals surface area contributed by atoms with Crippen LogP contribution in [0.3, 0.4) is 0 Å². The van der Waals surface area contributed by atoms with E-state index in [1.54, 1.807) is 0 Å². The lowest BCUT2D eigenvalue weighted by molar-refractivity contribution is 0.162. The molecule has 4 nitrogen and oxygen atoms in total. The van der Waals surface area contributed by atoms with Gasteiger partial charge in [0, 0.05) is 0 Å². The molecule has 1 N–H and O–H groups in total. The van der Waals surface area contributed by atoms with Crippen LogP contribution in [0.5, 0.6) is 0 Å². The predicted molar refractivity (Wildman–Crippen MR) is 75.9 cm³/mol. The molecule has 19 heavy (non-hydrogen) atoms. The van der Waals surface area contributed by atoms with Crippen molar-refractivity contribution < 1.29 is 4.84 Å². The van der Waals surface area contributed by atoms with Gasteiger partial charge in [-0.2, -0.15) is 0 Å². The Kier molecular flexibility index (Phi) is 3.80. The number of aryl methyl sites for hydroxylation is 1. The molecule has 0 radical (unpaired) electrons. The van der Waals surface area contributed by atoms with Crippen LogP contribution in [-0.2, 0) is 4.84 Å². The maximum Gasteiger partial charge on any atom is 0.225 e. The summed E-state index contributed by atoms with van der Waals surface area (Å²) >= 11 is 0. The number of hydrogen-bond acceptors (Lipinski definition) is 4. The summed E-state index contributed by atoms with van der Waals surface area (Å²) in [5.41, 5.74) is 5.42. The number of hydrogen-bond donors (Lipinski definition) is 1. The molecule has 0 aliphatic carbocycles. The minimum absolute atomic E-state index is 0.0552. The monoisotopic (exact) mass is 259 g/mol. The number of rotatable bonds is 3. The number of piperidine rings is 1. The normalized spacial score (nSPS) is 24.1. The van der Waals surface area contributed by atoms with E-state index in [0.29, 0.717) is 0 Å². The van der Waals surface area contributed by atoms with Crippen molar-refractivity contribution in [3.8, 4) is 0 Å². The van der Waals surface area contributed by atoms with Crippen molar-refractivity contribution in [1.29, 1.82) is 0 Å². The fraction of sp³-hybridized carbons (Fsp3) is 0.533. The van der Waals surface area contributed by atoms with E-state index in [4.69, 9.17) is 4.84 Å². The topological polar surface area (TPSA) is 36.9 Å². The Balaban J connectivity index is 1.62. The first-order valence-electron chi connectivity index (χ1n) is 7.09. The van der Waals surface area contributed by atoms with E-state index in [1.807, 2.05) is 0 Å². The summed E-state index contributed by atoms with van der Waals surface area (Å²) in [5.74, 6) is 0.812. The summed E-state index contributed by atoms with van der Waals surface area (Å²) in [6.45, 7) is 5.25. The van der Waals surface area contributed by atoms with Gasteiger partial charge in [0.2, 0.25) is 5.90 Å². The van der Waals surface area contributed by atoms with E-state index in [0.717, 1.165) is 31.1 Å². The molecule has 4 heteroatoms. The van der Waals surface area contributed by atoms with Crippen LogP contribution in [0.15, 0.2) is 29.3 Å². The average molecular weight is 259 g/mol. The van der Waals surface area contributed by atoms with E-state index < -0.39 is 0 Å². The lowest BCUT2D eigenvalue weighted by Crippen LogP contribution is -2.35. The fourth-order valence-electron chi connectivity index (χ4n) is 2.59. The molecule has 3 rings (SSSR count). The van der Waals surface area contributed by atoms with E-state index in [2.05, 4.69) is 46.6 Å². The van der Waals surface area contributed by atoms with Crippen molar-refractivity contribution >= 4 is 5.90 Å². The van der Waals surface area contributed by atoms with E-state index in [9.17, 15) is 0 Å². The number of nitrogens with zero attached hydrogens (tertiary/aromatic N) is 2. The highest BCUT2D eigenvalue weighted by Gasteiger charge is 2.22. The molecule has 2 heterocycles. The number of aliphatic imine (C=N–C) groups is 1. The summed E-state index contributed by atoms with van der Waals surface area (Å²) in [5, 5.41) is 0. The van der Waals surface area contributed by atoms with Crippen molar-refractivity contribution in [2.45, 2.75) is 32.4 Å². The third-order valence-corrected chi connectivity index (χ3v) is 3.76. The molecule has 1 fully saturated rings. The van der Waals surface area contributed by atoms with Crippen LogP contribution in [0.25, 0.3) is 0 Å². The Bertz CT molecular complexity index is 449. The van der Waals surface area contributed by atoms with Gasteiger partial charge >= 0.3 is 0 Å². The van der Waals surface area contributed by atoms with Gasteiger partial charge in [-0.1, -0.05) is 36.2 Å². The number of nitrogens with one attached hydrogen (secondary N) is 1. The van der Waals surface area contributed by atoms with Gasteiger partial charge in [-0.15, -0.1) is 5.48 Å². The average Bonchev–Trinajstić information content (AvgIpc) is 2.89. The zero-order chi connectivity index (χ0) is 13.1. The fourth-order valence-corrected chi connectivity index (χ4v) is 2.59. The van der Waals surface area contributed by atoms with Crippen molar-refractivity contribution in [3.05, 3.63) is 35.4 Å². The summed E-state index contributed by atoms with van der Waals surface area (Å²) in [7, 11) is 0. The van der Waals surface area contributed by atoms with Gasteiger partial charge in [0.05, 0.1) is 6.54 Å². The third-order valence-electron chi connectivity index (χ3n) is 3.76. The third kappa shape index (κ3) is 3.14. The van der Waals surface area contributed by atoms with Crippen molar-refractivity contribution in [1.82, 2.24) is 10.4 Å². The Morgan fingerprint density at radius 1 is 1.21 bits per heavy atom. The maximum absolute atomic E-state index is 5.51. The lowest BCUT2D eigenvalue weighted by atomic mass is 10.1. The van der Waals surface area contributed by atoms with Crippen LogP contribution in [-0.4, -0.2) is 30.4 Å². The molecule has 2 aliphatic rings. The Hall–Kier alpha value is -1.39. The van der Waals surface area contributed by atoms with Gasteiger partial charge in [-0.25, -0.2) is 4.99 Å². The first-order chi connectivity index (χ1) is 9.31. The summed E-state index contributed by atoms with van der Waals surface area (Å²) in [4.78, 5) is 12.6. The highest BCUT2D eigenvalue weighted by atomic mass is 16.7. The second-order valence-electron chi connectivity index (χ2n) is 5.39. The van der Waals surface area contributed by atoms with Crippen molar-refractivity contribution in [3.63, 3.8) is 0 Å². The highest BCUT2D eigenvalue weighted by molar-refractivity contribution is 5.79. The molecule has 0 bridgehead atoms. The quantitative estimate of drug-likeness (QED) is 0.905. The zero-order valence-electron chi connectivity index (χ0n) is 11.4. The smallest absolute Gasteiger partial charge is 0.225 e. The Morgan fingerprint density at radius 2 is 1.95 bits per heavy atom. The van der Waals surface area contributed by atoms with E-state index in [-0.39, 0.29) is 6.17 Å². The van der Waals surface area contributed by atoms with E-state index >= 15 is 0 Å². The molecular weight excluding hydrogens is 238 g/mol. The summed E-state index contributed by atoms with van der Waals surface area (Å²) in [6.07, 6.45) is 3.89. The predicted octanol–water partition coefficient (Wildman–Crippen LogP) is 2.41. The lowest BCUT2D eigenvalue weighted by Gasteiger charge is -2.25. The standard InChI is InChI=1S/C15H21N3O/c1-12-5-7-13(8-6-12)15-16-14(19-17-15)11-18-9-3-2-4-10-18/h5-8,15,17H,2-4,9-11H2,1H3. The van der Waals surface area contributed by atoms with Crippen LogP contribution < -0.4 is 5.48 Å². The minimum atomic E-state index is -0.0552. The van der Waals surface area contributed by atoms with Gasteiger partial charge in [0.1, 0.15) is 0 Å². The SMILES string of the molecule is Cc1ccc(C2N=C(CN3CCCCC3)ON2)cc1. The Morgan fingerprint density at radius 3 is 2.68 bits per heavy atom. The highest BCUT2D eigenvalue weighted by Crippen LogP contribution is 2.20. The van der Waals surface area contributed by atoms with Crippen molar-refractivity contribution in [2.75, 3.05) is 19.6 Å². The number of hydroxylamine groups is 1.